The number of nitrogens with two attached hydrogens (primary N) is 1. The highest BCUT2D eigenvalue weighted by atomic mass is 32.2. The van der Waals surface area contributed by atoms with Crippen LogP contribution < -0.4 is 15.4 Å². The molecule has 1 aliphatic heterocycles. The van der Waals surface area contributed by atoms with Crippen LogP contribution in [0.1, 0.15) is 36.8 Å². The summed E-state index contributed by atoms with van der Waals surface area (Å²) in [5.41, 5.74) is 7.59. The molecule has 1 aliphatic rings. The third-order valence-electron chi connectivity index (χ3n) is 4.12. The van der Waals surface area contributed by atoms with Crippen LogP contribution in [0.15, 0.2) is 29.2 Å². The summed E-state index contributed by atoms with van der Waals surface area (Å²) in [6.45, 7) is 6.27. The van der Waals surface area contributed by atoms with Gasteiger partial charge >= 0.3 is 6.01 Å². The average Bonchev–Trinajstić information content (AvgIpc) is 2.60. The van der Waals surface area contributed by atoms with Crippen LogP contribution in [0.5, 0.6) is 6.01 Å². The van der Waals surface area contributed by atoms with Gasteiger partial charge in [0.25, 0.3) is 5.91 Å². The number of carbonyl (C=O) groups is 1. The van der Waals surface area contributed by atoms with E-state index in [2.05, 4.69) is 9.97 Å². The Morgan fingerprint density at radius 3 is 2.46 bits per heavy atom. The second kappa shape index (κ2) is 6.77. The summed E-state index contributed by atoms with van der Waals surface area (Å²) in [6.07, 6.45) is 0.555. The van der Waals surface area contributed by atoms with E-state index in [0.29, 0.717) is 24.2 Å². The zero-order valence-electron chi connectivity index (χ0n) is 15.3. The van der Waals surface area contributed by atoms with Gasteiger partial charge in [-0.3, -0.25) is 4.79 Å². The molecule has 26 heavy (non-hydrogen) atoms. The van der Waals surface area contributed by atoms with Gasteiger partial charge in [-0.2, -0.15) is 9.97 Å². The summed E-state index contributed by atoms with van der Waals surface area (Å²) in [5, 5.41) is 0. The Kier molecular flexibility index (Phi) is 4.81. The van der Waals surface area contributed by atoms with E-state index in [-0.39, 0.29) is 22.5 Å². The number of nitrogens with zero attached hydrogens (tertiary/aromatic N) is 3. The largest absolute Gasteiger partial charge is 0.611 e. The summed E-state index contributed by atoms with van der Waals surface area (Å²) < 4.78 is 17.1. The van der Waals surface area contributed by atoms with Crippen molar-refractivity contribution in [2.45, 2.75) is 36.8 Å². The number of fused-ring (bicyclic) bond motifs is 1. The Hall–Kier alpha value is -2.32. The standard InChI is InChI=1S/C18H22N4O3S/c1-18(2,3)26(24)12-7-5-11(6-8-12)22-10-9-13-14(16(22)23)15(19)21-17(20-13)25-4/h5-8H,9-10H2,1-4H3,(H2,19,20,21). The highest BCUT2D eigenvalue weighted by molar-refractivity contribution is 7.92. The topological polar surface area (TPSA) is 104 Å². The van der Waals surface area contributed by atoms with Gasteiger partial charge in [0.1, 0.15) is 16.1 Å². The number of hydrogen-bond acceptors (Lipinski definition) is 6. The first-order valence-electron chi connectivity index (χ1n) is 8.26. The summed E-state index contributed by atoms with van der Waals surface area (Å²) in [5.74, 6) is -0.122. The number of anilines is 2. The van der Waals surface area contributed by atoms with E-state index in [9.17, 15) is 9.35 Å². The molecular formula is C18H22N4O3S. The number of ether oxygens (including phenoxy) is 1. The number of benzene rings is 1. The Morgan fingerprint density at radius 2 is 1.88 bits per heavy atom. The highest BCUT2D eigenvalue weighted by Gasteiger charge is 2.31. The van der Waals surface area contributed by atoms with Gasteiger partial charge in [0.2, 0.25) is 0 Å². The molecule has 0 aliphatic carbocycles. The molecule has 0 bridgehead atoms. The monoisotopic (exact) mass is 374 g/mol. The van der Waals surface area contributed by atoms with Crippen molar-refractivity contribution in [3.05, 3.63) is 35.5 Å². The predicted octanol–water partition coefficient (Wildman–Crippen LogP) is 2.18. The minimum absolute atomic E-state index is 0.118. The van der Waals surface area contributed by atoms with Crippen molar-refractivity contribution in [3.63, 3.8) is 0 Å². The molecule has 8 heteroatoms. The normalized spacial score (nSPS) is 15.6. The average molecular weight is 374 g/mol. The molecule has 0 saturated heterocycles. The van der Waals surface area contributed by atoms with Crippen LogP contribution >= 0.6 is 0 Å². The van der Waals surface area contributed by atoms with E-state index in [0.717, 1.165) is 10.6 Å². The van der Waals surface area contributed by atoms with E-state index < -0.39 is 11.2 Å². The van der Waals surface area contributed by atoms with Crippen LogP contribution in [-0.4, -0.2) is 38.8 Å². The van der Waals surface area contributed by atoms with Crippen LogP contribution in [0.2, 0.25) is 0 Å². The molecule has 1 amide bonds. The minimum atomic E-state index is -1.12. The molecule has 1 atom stereocenters. The lowest BCUT2D eigenvalue weighted by Crippen LogP contribution is -2.39. The minimum Gasteiger partial charge on any atom is -0.611 e. The molecule has 2 aromatic rings. The maximum Gasteiger partial charge on any atom is 0.318 e. The van der Waals surface area contributed by atoms with Crippen molar-refractivity contribution in [1.29, 1.82) is 0 Å². The zero-order chi connectivity index (χ0) is 19.1. The third kappa shape index (κ3) is 3.34. The number of nitrogen functional groups attached to an aromatic ring is 1. The number of amides is 1. The molecule has 0 spiro atoms. The molecule has 2 heterocycles. The summed E-state index contributed by atoms with van der Waals surface area (Å²) >= 11 is -1.12. The molecule has 0 saturated carbocycles. The predicted molar refractivity (Wildman–Crippen MR) is 101 cm³/mol. The number of methoxy groups -OCH3 is 1. The number of aromatic nitrogens is 2. The van der Waals surface area contributed by atoms with E-state index >= 15 is 0 Å². The quantitative estimate of drug-likeness (QED) is 0.826. The Bertz CT molecular complexity index is 834. The molecule has 0 radical (unpaired) electrons. The Labute approximate surface area is 155 Å². The first-order valence-corrected chi connectivity index (χ1v) is 9.41. The lowest BCUT2D eigenvalue weighted by molar-refractivity contribution is 0.0980. The van der Waals surface area contributed by atoms with Gasteiger partial charge in [-0.1, -0.05) is 0 Å². The van der Waals surface area contributed by atoms with Crippen LogP contribution in [-0.2, 0) is 17.6 Å². The van der Waals surface area contributed by atoms with Crippen LogP contribution in [0.25, 0.3) is 0 Å². The maximum absolute atomic E-state index is 12.9. The molecule has 138 valence electrons. The third-order valence-corrected chi connectivity index (χ3v) is 5.94. The van der Waals surface area contributed by atoms with Crippen LogP contribution in [0, 0.1) is 0 Å². The first-order chi connectivity index (χ1) is 12.2. The Balaban J connectivity index is 1.89. The summed E-state index contributed by atoms with van der Waals surface area (Å²) in [7, 11) is 1.46. The van der Waals surface area contributed by atoms with Gasteiger partial charge in [0, 0.05) is 18.7 Å². The van der Waals surface area contributed by atoms with Gasteiger partial charge < -0.3 is 19.9 Å². The van der Waals surface area contributed by atoms with E-state index in [4.69, 9.17) is 10.5 Å². The van der Waals surface area contributed by atoms with Gasteiger partial charge in [-0.05, 0) is 56.2 Å². The van der Waals surface area contributed by atoms with E-state index in [1.54, 1.807) is 17.0 Å². The second-order valence-electron chi connectivity index (χ2n) is 7.00. The van der Waals surface area contributed by atoms with Crippen molar-refractivity contribution < 1.29 is 14.1 Å². The van der Waals surface area contributed by atoms with Crippen molar-refractivity contribution in [3.8, 4) is 6.01 Å². The summed E-state index contributed by atoms with van der Waals surface area (Å²) in [6, 6.07) is 7.38. The first kappa shape index (κ1) is 18.5. The van der Waals surface area contributed by atoms with Crippen molar-refractivity contribution in [2.24, 2.45) is 0 Å². The molecule has 0 fully saturated rings. The fraction of sp³-hybridized carbons (Fsp3) is 0.389. The molecule has 2 N–H and O–H groups in total. The number of hydrogen-bond donors (Lipinski definition) is 1. The van der Waals surface area contributed by atoms with Gasteiger partial charge in [-0.15, -0.1) is 0 Å². The molecule has 1 aromatic heterocycles. The fourth-order valence-corrected chi connectivity index (χ4v) is 3.90. The Morgan fingerprint density at radius 1 is 1.23 bits per heavy atom. The second-order valence-corrected chi connectivity index (χ2v) is 9.23. The van der Waals surface area contributed by atoms with Gasteiger partial charge in [-0.25, -0.2) is 0 Å². The SMILES string of the molecule is COc1nc(N)c2c(n1)CCN(c1ccc([S+]([O-])C(C)(C)C)cc1)C2=O. The maximum atomic E-state index is 12.9. The molecule has 1 unspecified atom stereocenters. The van der Waals surface area contributed by atoms with Crippen molar-refractivity contribution in [1.82, 2.24) is 9.97 Å². The molecule has 3 rings (SSSR count). The summed E-state index contributed by atoms with van der Waals surface area (Å²) in [4.78, 5) is 23.5. The van der Waals surface area contributed by atoms with Crippen LogP contribution in [0.4, 0.5) is 11.5 Å². The molecule has 7 nitrogen and oxygen atoms in total. The highest BCUT2D eigenvalue weighted by Crippen LogP contribution is 2.30. The number of rotatable bonds is 3. The molecule has 1 aromatic carbocycles. The van der Waals surface area contributed by atoms with Crippen molar-refractivity contribution in [2.75, 3.05) is 24.3 Å². The lowest BCUT2D eigenvalue weighted by atomic mass is 10.0. The van der Waals surface area contributed by atoms with Crippen molar-refractivity contribution >= 4 is 28.6 Å². The van der Waals surface area contributed by atoms with Gasteiger partial charge in [0.15, 0.2) is 4.90 Å². The number of carbonyl (C=O) groups excluding carboxylic acids is 1. The van der Waals surface area contributed by atoms with E-state index in [1.165, 1.54) is 7.11 Å². The smallest absolute Gasteiger partial charge is 0.318 e. The zero-order valence-corrected chi connectivity index (χ0v) is 16.1. The van der Waals surface area contributed by atoms with Gasteiger partial charge in [0.05, 0.1) is 12.8 Å². The van der Waals surface area contributed by atoms with E-state index in [1.807, 2.05) is 32.9 Å². The lowest BCUT2D eigenvalue weighted by Gasteiger charge is -2.29. The fourth-order valence-electron chi connectivity index (χ4n) is 2.81. The van der Waals surface area contributed by atoms with Crippen LogP contribution in [0.3, 0.4) is 0 Å². The molecular weight excluding hydrogens is 352 g/mol.